The van der Waals surface area contributed by atoms with Gasteiger partial charge in [-0.3, -0.25) is 0 Å². The van der Waals surface area contributed by atoms with E-state index >= 15 is 0 Å². The molecule has 0 amide bonds. The van der Waals surface area contributed by atoms with E-state index in [2.05, 4.69) is 36.5 Å². The van der Waals surface area contributed by atoms with Crippen LogP contribution in [0.25, 0.3) is 0 Å². The molecule has 0 radical (unpaired) electrons. The van der Waals surface area contributed by atoms with Gasteiger partial charge in [0.2, 0.25) is 0 Å². The lowest BCUT2D eigenvalue weighted by atomic mass is 10.1. The van der Waals surface area contributed by atoms with E-state index in [1.54, 1.807) is 12.1 Å². The summed E-state index contributed by atoms with van der Waals surface area (Å²) in [5.74, 6) is -0.0951. The largest absolute Gasteiger partial charge is 0.494 e. The van der Waals surface area contributed by atoms with Crippen LogP contribution in [0.2, 0.25) is 0 Å². The minimum atomic E-state index is -0.355. The number of anilines is 1. The van der Waals surface area contributed by atoms with Crippen LogP contribution in [0.15, 0.2) is 42.5 Å². The van der Waals surface area contributed by atoms with Gasteiger partial charge in [-0.15, -0.1) is 0 Å². The van der Waals surface area contributed by atoms with E-state index in [0.717, 1.165) is 11.3 Å². The molecule has 2 rings (SSSR count). The number of hydrogen-bond donors (Lipinski definition) is 1. The topological polar surface area (TPSA) is 21.3 Å². The Morgan fingerprint density at radius 3 is 2.44 bits per heavy atom. The number of halogens is 1. The zero-order valence-corrected chi connectivity index (χ0v) is 10.5. The number of hydrogen-bond acceptors (Lipinski definition) is 2. The molecule has 2 nitrogen and oxygen atoms in total. The van der Waals surface area contributed by atoms with E-state index in [1.807, 2.05) is 0 Å². The quantitative estimate of drug-likeness (QED) is 0.885. The first-order chi connectivity index (χ1) is 8.69. The number of ether oxygens (including phenoxy) is 1. The summed E-state index contributed by atoms with van der Waals surface area (Å²) in [6, 6.07) is 13.1. The monoisotopic (exact) mass is 245 g/mol. The lowest BCUT2D eigenvalue weighted by molar-refractivity contribution is 0.386. The molecule has 0 aliphatic carbocycles. The van der Waals surface area contributed by atoms with Crippen LogP contribution in [-0.2, 0) is 6.54 Å². The number of methoxy groups -OCH3 is 1. The third-order valence-corrected chi connectivity index (χ3v) is 2.77. The molecule has 2 aromatic rings. The van der Waals surface area contributed by atoms with Crippen LogP contribution < -0.4 is 10.1 Å². The summed E-state index contributed by atoms with van der Waals surface area (Å²) in [7, 11) is 1.46. The second-order valence-electron chi connectivity index (χ2n) is 4.19. The van der Waals surface area contributed by atoms with Crippen molar-refractivity contribution in [1.82, 2.24) is 0 Å². The van der Waals surface area contributed by atoms with Gasteiger partial charge in [0.15, 0.2) is 11.6 Å². The van der Waals surface area contributed by atoms with Crippen LogP contribution in [0.1, 0.15) is 11.1 Å². The summed E-state index contributed by atoms with van der Waals surface area (Å²) in [6.45, 7) is 2.72. The Morgan fingerprint density at radius 2 is 1.83 bits per heavy atom. The van der Waals surface area contributed by atoms with Crippen LogP contribution in [0.3, 0.4) is 0 Å². The second-order valence-corrected chi connectivity index (χ2v) is 4.19. The fourth-order valence-electron chi connectivity index (χ4n) is 1.69. The maximum absolute atomic E-state index is 13.5. The number of rotatable bonds is 4. The molecule has 1 N–H and O–H groups in total. The molecule has 0 saturated carbocycles. The summed E-state index contributed by atoms with van der Waals surface area (Å²) in [6.07, 6.45) is 0. The lowest BCUT2D eigenvalue weighted by Crippen LogP contribution is -2.00. The maximum Gasteiger partial charge on any atom is 0.167 e. The molecule has 18 heavy (non-hydrogen) atoms. The number of aryl methyl sites for hydroxylation is 1. The van der Waals surface area contributed by atoms with Gasteiger partial charge in [-0.05, 0) is 24.6 Å². The zero-order chi connectivity index (χ0) is 13.0. The fourth-order valence-corrected chi connectivity index (χ4v) is 1.69. The Hall–Kier alpha value is -2.03. The SMILES string of the molecule is COc1ccc(NCc2ccc(C)cc2)cc1F. The first-order valence-electron chi connectivity index (χ1n) is 5.82. The fraction of sp³-hybridized carbons (Fsp3) is 0.200. The first kappa shape index (κ1) is 12.4. The average molecular weight is 245 g/mol. The van der Waals surface area contributed by atoms with Crippen LogP contribution in [0, 0.1) is 12.7 Å². The van der Waals surface area contributed by atoms with E-state index in [9.17, 15) is 4.39 Å². The Morgan fingerprint density at radius 1 is 1.11 bits per heavy atom. The van der Waals surface area contributed by atoms with Crippen molar-refractivity contribution in [2.45, 2.75) is 13.5 Å². The molecule has 0 atom stereocenters. The minimum absolute atomic E-state index is 0.260. The minimum Gasteiger partial charge on any atom is -0.494 e. The summed E-state index contributed by atoms with van der Waals surface area (Å²) in [4.78, 5) is 0. The molecule has 0 saturated heterocycles. The second kappa shape index (κ2) is 5.54. The van der Waals surface area contributed by atoms with Crippen LogP contribution in [-0.4, -0.2) is 7.11 Å². The van der Waals surface area contributed by atoms with Crippen molar-refractivity contribution >= 4 is 5.69 Å². The molecule has 0 aliphatic rings. The predicted molar refractivity (Wildman–Crippen MR) is 71.5 cm³/mol. The van der Waals surface area contributed by atoms with Crippen LogP contribution >= 0.6 is 0 Å². The smallest absolute Gasteiger partial charge is 0.167 e. The summed E-state index contributed by atoms with van der Waals surface area (Å²) in [5.41, 5.74) is 3.14. The van der Waals surface area contributed by atoms with Gasteiger partial charge >= 0.3 is 0 Å². The van der Waals surface area contributed by atoms with E-state index in [0.29, 0.717) is 6.54 Å². The Bertz CT molecular complexity index is 523. The van der Waals surface area contributed by atoms with Crippen molar-refractivity contribution < 1.29 is 9.13 Å². The summed E-state index contributed by atoms with van der Waals surface area (Å²) < 4.78 is 18.3. The van der Waals surface area contributed by atoms with Gasteiger partial charge < -0.3 is 10.1 Å². The van der Waals surface area contributed by atoms with Crippen molar-refractivity contribution in [3.05, 3.63) is 59.4 Å². The average Bonchev–Trinajstić information content (AvgIpc) is 2.38. The standard InChI is InChI=1S/C15H16FNO/c1-11-3-5-12(6-4-11)10-17-13-7-8-15(18-2)14(16)9-13/h3-9,17H,10H2,1-2H3. The first-order valence-corrected chi connectivity index (χ1v) is 5.82. The highest BCUT2D eigenvalue weighted by molar-refractivity contribution is 5.47. The Labute approximate surface area is 106 Å². The highest BCUT2D eigenvalue weighted by Crippen LogP contribution is 2.21. The predicted octanol–water partition coefficient (Wildman–Crippen LogP) is 3.75. The van der Waals surface area contributed by atoms with Crippen molar-refractivity contribution in [2.24, 2.45) is 0 Å². The van der Waals surface area contributed by atoms with Crippen molar-refractivity contribution in [1.29, 1.82) is 0 Å². The van der Waals surface area contributed by atoms with Crippen molar-refractivity contribution in [3.63, 3.8) is 0 Å². The molecule has 0 heterocycles. The van der Waals surface area contributed by atoms with Gasteiger partial charge in [0.1, 0.15) is 0 Å². The molecule has 0 bridgehead atoms. The van der Waals surface area contributed by atoms with Crippen molar-refractivity contribution in [2.75, 3.05) is 12.4 Å². The van der Waals surface area contributed by atoms with Gasteiger partial charge in [-0.1, -0.05) is 29.8 Å². The molecule has 2 aromatic carbocycles. The highest BCUT2D eigenvalue weighted by atomic mass is 19.1. The van der Waals surface area contributed by atoms with E-state index in [-0.39, 0.29) is 11.6 Å². The van der Waals surface area contributed by atoms with E-state index in [1.165, 1.54) is 18.7 Å². The molecule has 0 fully saturated rings. The third-order valence-electron chi connectivity index (χ3n) is 2.77. The lowest BCUT2D eigenvalue weighted by Gasteiger charge is -2.08. The van der Waals surface area contributed by atoms with E-state index in [4.69, 9.17) is 4.74 Å². The molecule has 94 valence electrons. The van der Waals surface area contributed by atoms with Gasteiger partial charge in [0, 0.05) is 18.3 Å². The molecular weight excluding hydrogens is 229 g/mol. The molecule has 0 spiro atoms. The molecule has 0 unspecified atom stereocenters. The zero-order valence-electron chi connectivity index (χ0n) is 10.5. The maximum atomic E-state index is 13.5. The molecule has 3 heteroatoms. The number of nitrogens with one attached hydrogen (secondary N) is 1. The molecule has 0 aliphatic heterocycles. The summed E-state index contributed by atoms with van der Waals surface area (Å²) >= 11 is 0. The Balaban J connectivity index is 2.02. The van der Waals surface area contributed by atoms with Crippen molar-refractivity contribution in [3.8, 4) is 5.75 Å². The molecular formula is C15H16FNO. The van der Waals surface area contributed by atoms with Gasteiger partial charge in [-0.2, -0.15) is 0 Å². The molecule has 0 aromatic heterocycles. The van der Waals surface area contributed by atoms with Gasteiger partial charge in [0.05, 0.1) is 7.11 Å². The van der Waals surface area contributed by atoms with Gasteiger partial charge in [0.25, 0.3) is 0 Å². The third kappa shape index (κ3) is 3.00. The van der Waals surface area contributed by atoms with Crippen LogP contribution in [0.4, 0.5) is 10.1 Å². The Kier molecular flexibility index (Phi) is 3.82. The van der Waals surface area contributed by atoms with Crippen LogP contribution in [0.5, 0.6) is 5.75 Å². The highest BCUT2D eigenvalue weighted by Gasteiger charge is 2.02. The normalized spacial score (nSPS) is 10.2. The van der Waals surface area contributed by atoms with Gasteiger partial charge in [-0.25, -0.2) is 4.39 Å². The summed E-state index contributed by atoms with van der Waals surface area (Å²) in [5, 5.41) is 3.18. The number of benzene rings is 2. The van der Waals surface area contributed by atoms with E-state index < -0.39 is 0 Å².